The first-order valence-electron chi connectivity index (χ1n) is 16.3. The van der Waals surface area contributed by atoms with Gasteiger partial charge in [0.25, 0.3) is 0 Å². The van der Waals surface area contributed by atoms with Crippen molar-refractivity contribution in [2.75, 3.05) is 6.54 Å². The van der Waals surface area contributed by atoms with E-state index in [4.69, 9.17) is 0 Å². The molecule has 0 radical (unpaired) electrons. The minimum Gasteiger partial charge on any atom is -0.481 e. The van der Waals surface area contributed by atoms with E-state index < -0.39 is 29.8 Å². The molecule has 0 aliphatic rings. The van der Waals surface area contributed by atoms with Crippen LogP contribution in [0.4, 0.5) is 0 Å². The van der Waals surface area contributed by atoms with Gasteiger partial charge in [-0.2, -0.15) is 0 Å². The van der Waals surface area contributed by atoms with Crippen molar-refractivity contribution in [3.8, 4) is 0 Å². The summed E-state index contributed by atoms with van der Waals surface area (Å²) in [5, 5.41) is 24.4. The van der Waals surface area contributed by atoms with Gasteiger partial charge in [-0.05, 0) is 32.1 Å². The van der Waals surface area contributed by atoms with Gasteiger partial charge in [0.15, 0.2) is 0 Å². The number of carbonyl (C=O) groups excluding carboxylic acids is 2. The van der Waals surface area contributed by atoms with E-state index in [1.807, 2.05) is 0 Å². The largest absolute Gasteiger partial charge is 0.481 e. The minimum absolute atomic E-state index is 0.0299. The summed E-state index contributed by atoms with van der Waals surface area (Å²) in [7, 11) is 0. The molecule has 0 aromatic carbocycles. The zero-order valence-corrected chi connectivity index (χ0v) is 25.7. The van der Waals surface area contributed by atoms with Gasteiger partial charge in [0, 0.05) is 19.4 Å². The lowest BCUT2D eigenvalue weighted by atomic mass is 9.96. The summed E-state index contributed by atoms with van der Waals surface area (Å²) in [4.78, 5) is 47.7. The van der Waals surface area contributed by atoms with Gasteiger partial charge in [0.05, 0.1) is 5.92 Å². The van der Waals surface area contributed by atoms with E-state index in [-0.39, 0.29) is 18.7 Å². The predicted molar refractivity (Wildman–Crippen MR) is 161 cm³/mol. The molecule has 4 N–H and O–H groups in total. The Bertz CT molecular complexity index is 670. The number of carboxylic acids is 2. The number of carbonyl (C=O) groups is 4. The van der Waals surface area contributed by atoms with Crippen molar-refractivity contribution in [2.45, 2.75) is 168 Å². The van der Waals surface area contributed by atoms with Crippen molar-refractivity contribution < 1.29 is 29.4 Å². The number of unbranched alkanes of at least 4 members (excludes halogenated alkanes) is 16. The molecule has 0 rings (SSSR count). The molecule has 0 aliphatic heterocycles. The van der Waals surface area contributed by atoms with E-state index in [1.165, 1.54) is 70.6 Å². The number of aliphatic carboxylic acids is 2. The molecule has 0 aliphatic carbocycles. The first-order chi connectivity index (χ1) is 19.3. The van der Waals surface area contributed by atoms with Crippen molar-refractivity contribution in [3.05, 3.63) is 0 Å². The Morgan fingerprint density at radius 2 is 1.02 bits per heavy atom. The Morgan fingerprint density at radius 1 is 0.550 bits per heavy atom. The standard InChI is InChI=1S/C32H60N2O6/c1-3-5-7-9-11-13-15-17-19-24-29(35)33-25-21-20-23-28(32(39)40)34-30(36)26-27(31(37)38)22-18-16-14-12-10-8-6-4-2/h27-28H,3-26H2,1-2H3,(H,33,35)(H,34,36)(H,37,38)(H,39,40). The summed E-state index contributed by atoms with van der Waals surface area (Å²) in [5.74, 6) is -3.44. The van der Waals surface area contributed by atoms with Crippen LogP contribution in [0, 0.1) is 5.92 Å². The number of rotatable bonds is 29. The van der Waals surface area contributed by atoms with E-state index in [0.29, 0.717) is 32.2 Å². The highest BCUT2D eigenvalue weighted by Crippen LogP contribution is 2.17. The van der Waals surface area contributed by atoms with Crippen molar-refractivity contribution in [1.82, 2.24) is 10.6 Å². The molecule has 234 valence electrons. The van der Waals surface area contributed by atoms with Crippen LogP contribution in [0.15, 0.2) is 0 Å². The Hall–Kier alpha value is -2.12. The van der Waals surface area contributed by atoms with E-state index in [1.54, 1.807) is 0 Å². The summed E-state index contributed by atoms with van der Waals surface area (Å²) in [6.07, 6.45) is 21.9. The van der Waals surface area contributed by atoms with Crippen LogP contribution >= 0.6 is 0 Å². The first-order valence-corrected chi connectivity index (χ1v) is 16.3. The molecule has 0 fully saturated rings. The van der Waals surface area contributed by atoms with Crippen LogP contribution in [0.25, 0.3) is 0 Å². The molecule has 8 heteroatoms. The number of hydrogen-bond donors (Lipinski definition) is 4. The Kier molecular flexibility index (Phi) is 25.6. The quantitative estimate of drug-likeness (QED) is 0.0696. The van der Waals surface area contributed by atoms with Gasteiger partial charge in [-0.1, -0.05) is 117 Å². The molecular weight excluding hydrogens is 508 g/mol. The zero-order chi connectivity index (χ0) is 29.8. The third kappa shape index (κ3) is 23.7. The monoisotopic (exact) mass is 568 g/mol. The van der Waals surface area contributed by atoms with Gasteiger partial charge in [-0.25, -0.2) is 4.79 Å². The Balaban J connectivity index is 4.04. The van der Waals surface area contributed by atoms with E-state index in [0.717, 1.165) is 38.5 Å². The number of hydrogen-bond acceptors (Lipinski definition) is 4. The molecular formula is C32H60N2O6. The van der Waals surface area contributed by atoms with Crippen LogP contribution in [-0.4, -0.2) is 46.6 Å². The van der Waals surface area contributed by atoms with Gasteiger partial charge < -0.3 is 20.8 Å². The molecule has 0 bridgehead atoms. The zero-order valence-electron chi connectivity index (χ0n) is 25.7. The van der Waals surface area contributed by atoms with Crippen molar-refractivity contribution in [2.24, 2.45) is 5.92 Å². The van der Waals surface area contributed by atoms with E-state index in [9.17, 15) is 29.4 Å². The average Bonchev–Trinajstić information content (AvgIpc) is 2.91. The van der Waals surface area contributed by atoms with E-state index >= 15 is 0 Å². The minimum atomic E-state index is -1.13. The summed E-state index contributed by atoms with van der Waals surface area (Å²) in [6.45, 7) is 4.89. The van der Waals surface area contributed by atoms with Crippen molar-refractivity contribution in [1.29, 1.82) is 0 Å². The lowest BCUT2D eigenvalue weighted by molar-refractivity contribution is -0.145. The highest BCUT2D eigenvalue weighted by molar-refractivity contribution is 5.86. The van der Waals surface area contributed by atoms with Gasteiger partial charge in [-0.3, -0.25) is 14.4 Å². The maximum atomic E-state index is 12.4. The third-order valence-corrected chi connectivity index (χ3v) is 7.57. The molecule has 2 unspecified atom stereocenters. The van der Waals surface area contributed by atoms with Gasteiger partial charge in [0.2, 0.25) is 11.8 Å². The van der Waals surface area contributed by atoms with Crippen LogP contribution < -0.4 is 10.6 Å². The number of amides is 2. The van der Waals surface area contributed by atoms with Crippen LogP contribution in [0.2, 0.25) is 0 Å². The summed E-state index contributed by atoms with van der Waals surface area (Å²) in [6, 6.07) is -1.05. The molecule has 0 heterocycles. The molecule has 2 amide bonds. The van der Waals surface area contributed by atoms with Crippen molar-refractivity contribution >= 4 is 23.8 Å². The summed E-state index contributed by atoms with van der Waals surface area (Å²) < 4.78 is 0. The average molecular weight is 569 g/mol. The van der Waals surface area contributed by atoms with Crippen LogP contribution in [0.1, 0.15) is 162 Å². The molecule has 40 heavy (non-hydrogen) atoms. The highest BCUT2D eigenvalue weighted by atomic mass is 16.4. The van der Waals surface area contributed by atoms with E-state index in [2.05, 4.69) is 24.5 Å². The second-order valence-electron chi connectivity index (χ2n) is 11.4. The fourth-order valence-electron chi connectivity index (χ4n) is 4.96. The highest BCUT2D eigenvalue weighted by Gasteiger charge is 2.25. The molecule has 0 spiro atoms. The predicted octanol–water partition coefficient (Wildman–Crippen LogP) is 7.38. The molecule has 0 aromatic heterocycles. The van der Waals surface area contributed by atoms with Crippen LogP contribution in [0.5, 0.6) is 0 Å². The van der Waals surface area contributed by atoms with Crippen molar-refractivity contribution in [3.63, 3.8) is 0 Å². The topological polar surface area (TPSA) is 133 Å². The Labute approximate surface area is 243 Å². The lowest BCUT2D eigenvalue weighted by Crippen LogP contribution is -2.42. The van der Waals surface area contributed by atoms with Crippen LogP contribution in [-0.2, 0) is 19.2 Å². The first kappa shape index (κ1) is 37.9. The maximum Gasteiger partial charge on any atom is 0.326 e. The maximum absolute atomic E-state index is 12.4. The van der Waals surface area contributed by atoms with Gasteiger partial charge in [0.1, 0.15) is 6.04 Å². The summed E-state index contributed by atoms with van der Waals surface area (Å²) in [5.41, 5.74) is 0. The number of carboxylic acid groups (broad SMARTS) is 2. The fourth-order valence-corrected chi connectivity index (χ4v) is 4.96. The third-order valence-electron chi connectivity index (χ3n) is 7.57. The fraction of sp³-hybridized carbons (Fsp3) is 0.875. The second kappa shape index (κ2) is 27.1. The molecule has 0 aromatic rings. The lowest BCUT2D eigenvalue weighted by Gasteiger charge is -2.17. The SMILES string of the molecule is CCCCCCCCCCCC(=O)NCCCCC(NC(=O)CC(CCCCCCCCCC)C(=O)O)C(=O)O. The molecule has 0 saturated carbocycles. The molecule has 2 atom stereocenters. The molecule has 0 saturated heterocycles. The second-order valence-corrected chi connectivity index (χ2v) is 11.4. The summed E-state index contributed by atoms with van der Waals surface area (Å²) >= 11 is 0. The van der Waals surface area contributed by atoms with Gasteiger partial charge in [-0.15, -0.1) is 0 Å². The molecule has 8 nitrogen and oxygen atoms in total. The normalized spacial score (nSPS) is 12.6. The van der Waals surface area contributed by atoms with Gasteiger partial charge >= 0.3 is 11.9 Å². The van der Waals surface area contributed by atoms with Crippen LogP contribution in [0.3, 0.4) is 0 Å². The number of nitrogens with one attached hydrogen (secondary N) is 2. The smallest absolute Gasteiger partial charge is 0.326 e. The Morgan fingerprint density at radius 3 is 1.52 bits per heavy atom.